The van der Waals surface area contributed by atoms with Crippen LogP contribution >= 0.6 is 0 Å². The molecule has 0 amide bonds. The van der Waals surface area contributed by atoms with Gasteiger partial charge in [-0.2, -0.15) is 0 Å². The average molecular weight is 319 g/mol. The highest BCUT2D eigenvalue weighted by molar-refractivity contribution is 7.07. The summed E-state index contributed by atoms with van der Waals surface area (Å²) in [5, 5.41) is 4.67. The van der Waals surface area contributed by atoms with Gasteiger partial charge in [0.15, 0.2) is 0 Å². The first-order valence-electron chi connectivity index (χ1n) is 8.78. The van der Waals surface area contributed by atoms with E-state index in [1.165, 1.54) is 29.6 Å². The van der Waals surface area contributed by atoms with Crippen LogP contribution in [0.5, 0.6) is 0 Å². The second-order valence-corrected chi connectivity index (χ2v) is 10.5. The molecule has 1 aliphatic rings. The molecule has 0 unspecified atom stereocenters. The first kappa shape index (κ1) is 16.0. The molecule has 1 heteroatoms. The zero-order chi connectivity index (χ0) is 16.1. The van der Waals surface area contributed by atoms with Gasteiger partial charge in [0.05, 0.1) is 0 Å². The summed E-state index contributed by atoms with van der Waals surface area (Å²) in [5.74, 6) is 0. The van der Waals surface area contributed by atoms with Crippen LogP contribution in [0.15, 0.2) is 83.6 Å². The van der Waals surface area contributed by atoms with Crippen molar-refractivity contribution in [2.75, 3.05) is 0 Å². The van der Waals surface area contributed by atoms with Crippen molar-refractivity contribution in [2.45, 2.75) is 39.2 Å². The summed E-state index contributed by atoms with van der Waals surface area (Å²) >= 11 is 0. The predicted molar refractivity (Wildman–Crippen MR) is 104 cm³/mol. The van der Waals surface area contributed by atoms with Crippen molar-refractivity contribution in [3.63, 3.8) is 0 Å². The molecule has 0 saturated heterocycles. The Labute approximate surface area is 141 Å². The molecule has 0 nitrogen and oxygen atoms in total. The molecule has 3 rings (SSSR count). The summed E-state index contributed by atoms with van der Waals surface area (Å²) in [6, 6.07) is 22.3. The van der Waals surface area contributed by atoms with Crippen LogP contribution in [0.1, 0.15) is 32.6 Å². The van der Waals surface area contributed by atoms with E-state index in [-0.39, 0.29) is 0 Å². The van der Waals surface area contributed by atoms with E-state index >= 15 is 0 Å². The van der Waals surface area contributed by atoms with Crippen molar-refractivity contribution in [1.29, 1.82) is 0 Å². The molecule has 0 fully saturated rings. The Bertz CT molecular complexity index is 656. The predicted octanol–water partition coefficient (Wildman–Crippen LogP) is 4.87. The van der Waals surface area contributed by atoms with Gasteiger partial charge in [0, 0.05) is 0 Å². The van der Waals surface area contributed by atoms with Crippen LogP contribution in [-0.4, -0.2) is 8.07 Å². The van der Waals surface area contributed by atoms with Crippen LogP contribution in [0.2, 0.25) is 6.55 Å². The minimum absolute atomic E-state index is 1.11. The second kappa shape index (κ2) is 7.14. The smallest absolute Gasteiger partial charge is 0.0804 e. The summed E-state index contributed by atoms with van der Waals surface area (Å²) in [6.07, 6.45) is 9.84. The quantitative estimate of drug-likeness (QED) is 0.667. The van der Waals surface area contributed by atoms with Gasteiger partial charge in [-0.15, -0.1) is 0 Å². The van der Waals surface area contributed by atoms with E-state index in [2.05, 4.69) is 86.3 Å². The highest BCUT2D eigenvalue weighted by Crippen LogP contribution is 2.31. The molecule has 118 valence electrons. The number of benzene rings is 2. The molecule has 0 aromatic heterocycles. The van der Waals surface area contributed by atoms with E-state index < -0.39 is 8.07 Å². The van der Waals surface area contributed by atoms with E-state index in [4.69, 9.17) is 0 Å². The fraction of sp³-hybridized carbons (Fsp3) is 0.273. The lowest BCUT2D eigenvalue weighted by Crippen LogP contribution is -2.57. The summed E-state index contributed by atoms with van der Waals surface area (Å²) < 4.78 is 0. The largest absolute Gasteiger partial charge is 0.145 e. The van der Waals surface area contributed by atoms with Crippen LogP contribution < -0.4 is 10.4 Å². The number of allylic oxidation sites excluding steroid dienone is 4. The molecule has 0 N–H and O–H groups in total. The first-order valence-corrected chi connectivity index (χ1v) is 11.3. The molecule has 0 heterocycles. The number of hydrogen-bond acceptors (Lipinski definition) is 0. The molecule has 0 aliphatic heterocycles. The lowest BCUT2D eigenvalue weighted by atomic mass is 10.1. The topological polar surface area (TPSA) is 0 Å². The van der Waals surface area contributed by atoms with Crippen LogP contribution in [-0.2, 0) is 0 Å². The minimum atomic E-state index is -1.89. The maximum atomic E-state index is 2.52. The molecule has 0 saturated carbocycles. The lowest BCUT2D eigenvalue weighted by Gasteiger charge is -2.32. The molecular weight excluding hydrogens is 292 g/mol. The Kier molecular flexibility index (Phi) is 4.97. The summed E-state index contributed by atoms with van der Waals surface area (Å²) in [4.78, 5) is 0. The van der Waals surface area contributed by atoms with Crippen LogP contribution in [0.25, 0.3) is 0 Å². The minimum Gasteiger partial charge on any atom is -0.0804 e. The number of unbranched alkanes of at least 4 members (excludes halogenated alkanes) is 1. The Morgan fingerprint density at radius 1 is 0.826 bits per heavy atom. The van der Waals surface area contributed by atoms with Gasteiger partial charge >= 0.3 is 0 Å². The van der Waals surface area contributed by atoms with Crippen LogP contribution in [0, 0.1) is 0 Å². The normalized spacial score (nSPS) is 14.5. The highest BCUT2D eigenvalue weighted by Gasteiger charge is 2.37. The fourth-order valence-corrected chi connectivity index (χ4v) is 7.78. The number of rotatable bonds is 6. The Morgan fingerprint density at radius 2 is 1.39 bits per heavy atom. The van der Waals surface area contributed by atoms with Gasteiger partial charge in [0.2, 0.25) is 0 Å². The summed E-state index contributed by atoms with van der Waals surface area (Å²) in [5.41, 5.74) is 1.61. The van der Waals surface area contributed by atoms with Crippen LogP contribution in [0.4, 0.5) is 0 Å². The highest BCUT2D eigenvalue weighted by atomic mass is 28.3. The summed E-state index contributed by atoms with van der Waals surface area (Å²) in [6.45, 7) is 4.80. The third-order valence-electron chi connectivity index (χ3n) is 5.07. The van der Waals surface area contributed by atoms with Gasteiger partial charge in [-0.05, 0) is 29.6 Å². The SMILES string of the molecule is CCCCC1=CCC=C1[Si](C)(c1ccccc1)c1ccccc1. The van der Waals surface area contributed by atoms with E-state index in [0.717, 1.165) is 6.42 Å². The van der Waals surface area contributed by atoms with Crippen molar-refractivity contribution in [3.05, 3.63) is 83.6 Å². The van der Waals surface area contributed by atoms with Crippen molar-refractivity contribution in [1.82, 2.24) is 0 Å². The van der Waals surface area contributed by atoms with Gasteiger partial charge in [0.25, 0.3) is 0 Å². The van der Waals surface area contributed by atoms with E-state index in [9.17, 15) is 0 Å². The molecule has 0 radical (unpaired) electrons. The molecule has 0 atom stereocenters. The van der Waals surface area contributed by atoms with Crippen molar-refractivity contribution < 1.29 is 0 Å². The molecule has 2 aromatic rings. The van der Waals surface area contributed by atoms with Gasteiger partial charge in [-0.1, -0.05) is 103 Å². The standard InChI is InChI=1S/C22H26Si/c1-3-4-12-19-13-11-18-22(19)23(2,20-14-7-5-8-15-20)21-16-9-6-10-17-21/h5-10,13-18H,3-4,11-12H2,1-2H3. The van der Waals surface area contributed by atoms with E-state index in [0.29, 0.717) is 0 Å². The van der Waals surface area contributed by atoms with Crippen molar-refractivity contribution >= 4 is 18.4 Å². The maximum absolute atomic E-state index is 2.52. The zero-order valence-electron chi connectivity index (χ0n) is 14.3. The van der Waals surface area contributed by atoms with Gasteiger partial charge in [-0.3, -0.25) is 0 Å². The maximum Gasteiger partial charge on any atom is 0.145 e. The van der Waals surface area contributed by atoms with Gasteiger partial charge in [0.1, 0.15) is 8.07 Å². The Balaban J connectivity index is 2.09. The molecular formula is C22H26Si. The molecule has 23 heavy (non-hydrogen) atoms. The zero-order valence-corrected chi connectivity index (χ0v) is 15.3. The monoisotopic (exact) mass is 318 g/mol. The van der Waals surface area contributed by atoms with E-state index in [1.54, 1.807) is 10.8 Å². The Hall–Kier alpha value is -1.86. The fourth-order valence-electron chi connectivity index (χ4n) is 3.71. The molecule has 2 aromatic carbocycles. The Morgan fingerprint density at radius 3 is 1.91 bits per heavy atom. The first-order chi connectivity index (χ1) is 11.3. The molecule has 0 spiro atoms. The third kappa shape index (κ3) is 3.11. The van der Waals surface area contributed by atoms with Crippen molar-refractivity contribution in [2.24, 2.45) is 0 Å². The van der Waals surface area contributed by atoms with Crippen molar-refractivity contribution in [3.8, 4) is 0 Å². The molecule has 0 bridgehead atoms. The van der Waals surface area contributed by atoms with Gasteiger partial charge in [-0.25, -0.2) is 0 Å². The third-order valence-corrected chi connectivity index (χ3v) is 9.65. The van der Waals surface area contributed by atoms with Crippen LogP contribution in [0.3, 0.4) is 0 Å². The van der Waals surface area contributed by atoms with E-state index in [1.807, 2.05) is 0 Å². The lowest BCUT2D eigenvalue weighted by molar-refractivity contribution is 0.796. The van der Waals surface area contributed by atoms with Gasteiger partial charge < -0.3 is 0 Å². The molecule has 1 aliphatic carbocycles. The summed E-state index contributed by atoms with van der Waals surface area (Å²) in [7, 11) is -1.89. The average Bonchev–Trinajstić information content (AvgIpc) is 3.10. The number of hydrogen-bond donors (Lipinski definition) is 0. The second-order valence-electron chi connectivity index (χ2n) is 6.54.